The normalized spacial score (nSPS) is 11.5. The average molecular weight is 279 g/mol. The van der Waals surface area contributed by atoms with Gasteiger partial charge in [0.05, 0.1) is 16.3 Å². The molecule has 0 saturated heterocycles. The molecular formula is C11H12ClFO3S. The Labute approximate surface area is 105 Å². The van der Waals surface area contributed by atoms with Gasteiger partial charge in [-0.1, -0.05) is 17.7 Å². The summed E-state index contributed by atoms with van der Waals surface area (Å²) < 4.78 is 35.2. The number of halogens is 2. The van der Waals surface area contributed by atoms with Crippen LogP contribution in [0.15, 0.2) is 18.2 Å². The fourth-order valence-corrected chi connectivity index (χ4v) is 2.19. The number of sulfone groups is 1. The SMILES string of the molecule is CS(=O)(=O)CCCC(=O)c1cccc(Cl)c1F. The molecule has 0 aliphatic carbocycles. The Morgan fingerprint density at radius 3 is 2.65 bits per heavy atom. The highest BCUT2D eigenvalue weighted by atomic mass is 35.5. The van der Waals surface area contributed by atoms with E-state index in [2.05, 4.69) is 0 Å². The van der Waals surface area contributed by atoms with E-state index < -0.39 is 21.4 Å². The molecule has 0 radical (unpaired) electrons. The number of carbonyl (C=O) groups excluding carboxylic acids is 1. The number of benzene rings is 1. The van der Waals surface area contributed by atoms with Gasteiger partial charge in [0.25, 0.3) is 0 Å². The number of hydrogen-bond acceptors (Lipinski definition) is 3. The van der Waals surface area contributed by atoms with Gasteiger partial charge < -0.3 is 0 Å². The predicted octanol–water partition coefficient (Wildman–Crippen LogP) is 2.49. The van der Waals surface area contributed by atoms with Gasteiger partial charge in [0.2, 0.25) is 0 Å². The molecule has 1 rings (SSSR count). The van der Waals surface area contributed by atoms with E-state index in [1.54, 1.807) is 0 Å². The first-order valence-corrected chi connectivity index (χ1v) is 7.40. The van der Waals surface area contributed by atoms with E-state index in [-0.39, 0.29) is 29.2 Å². The largest absolute Gasteiger partial charge is 0.294 e. The van der Waals surface area contributed by atoms with Crippen molar-refractivity contribution in [1.82, 2.24) is 0 Å². The Bertz CT molecular complexity index is 526. The van der Waals surface area contributed by atoms with Gasteiger partial charge in [0.15, 0.2) is 11.6 Å². The van der Waals surface area contributed by atoms with E-state index in [9.17, 15) is 17.6 Å². The second kappa shape index (κ2) is 5.60. The van der Waals surface area contributed by atoms with E-state index in [1.165, 1.54) is 18.2 Å². The van der Waals surface area contributed by atoms with Crippen LogP contribution in [0.2, 0.25) is 5.02 Å². The van der Waals surface area contributed by atoms with E-state index >= 15 is 0 Å². The molecule has 0 spiro atoms. The molecule has 0 heterocycles. The molecule has 1 aromatic rings. The third kappa shape index (κ3) is 4.44. The van der Waals surface area contributed by atoms with E-state index in [0.717, 1.165) is 6.26 Å². The number of ketones is 1. The van der Waals surface area contributed by atoms with Crippen LogP contribution in [0.25, 0.3) is 0 Å². The summed E-state index contributed by atoms with van der Waals surface area (Å²) in [5.41, 5.74) is -0.0917. The molecule has 0 saturated carbocycles. The van der Waals surface area contributed by atoms with Gasteiger partial charge in [-0.05, 0) is 18.6 Å². The summed E-state index contributed by atoms with van der Waals surface area (Å²) in [6, 6.07) is 4.17. The van der Waals surface area contributed by atoms with Crippen molar-refractivity contribution >= 4 is 27.2 Å². The van der Waals surface area contributed by atoms with Gasteiger partial charge in [0, 0.05) is 12.7 Å². The van der Waals surface area contributed by atoms with Crippen LogP contribution < -0.4 is 0 Å². The lowest BCUT2D eigenvalue weighted by Gasteiger charge is -2.03. The van der Waals surface area contributed by atoms with Crippen LogP contribution >= 0.6 is 11.6 Å². The van der Waals surface area contributed by atoms with Crippen molar-refractivity contribution in [2.24, 2.45) is 0 Å². The van der Waals surface area contributed by atoms with E-state index in [0.29, 0.717) is 0 Å². The topological polar surface area (TPSA) is 51.2 Å². The molecule has 0 unspecified atom stereocenters. The van der Waals surface area contributed by atoms with Gasteiger partial charge >= 0.3 is 0 Å². The van der Waals surface area contributed by atoms with Gasteiger partial charge in [-0.25, -0.2) is 12.8 Å². The summed E-state index contributed by atoms with van der Waals surface area (Å²) in [6.07, 6.45) is 1.27. The standard InChI is InChI=1S/C11H12ClFO3S/c1-17(15,16)7-3-6-10(14)8-4-2-5-9(12)11(8)13/h2,4-5H,3,6-7H2,1H3. The molecule has 0 aliphatic rings. The van der Waals surface area contributed by atoms with Crippen molar-refractivity contribution in [2.45, 2.75) is 12.8 Å². The number of carbonyl (C=O) groups is 1. The maximum absolute atomic E-state index is 13.4. The van der Waals surface area contributed by atoms with E-state index in [4.69, 9.17) is 11.6 Å². The Morgan fingerprint density at radius 2 is 2.06 bits per heavy atom. The van der Waals surface area contributed by atoms with Gasteiger partial charge in [0.1, 0.15) is 9.84 Å². The minimum absolute atomic E-state index is 0.00959. The van der Waals surface area contributed by atoms with Crippen LogP contribution in [0.5, 0.6) is 0 Å². The molecule has 0 fully saturated rings. The maximum atomic E-state index is 13.4. The summed E-state index contributed by atoms with van der Waals surface area (Å²) in [5, 5.41) is -0.112. The molecule has 94 valence electrons. The van der Waals surface area contributed by atoms with Crippen molar-refractivity contribution in [3.05, 3.63) is 34.6 Å². The highest BCUT2D eigenvalue weighted by Gasteiger charge is 2.14. The summed E-state index contributed by atoms with van der Waals surface area (Å²) in [7, 11) is -3.09. The van der Waals surface area contributed by atoms with Gasteiger partial charge in [-0.3, -0.25) is 4.79 Å². The summed E-state index contributed by atoms with van der Waals surface area (Å²) in [6.45, 7) is 0. The molecule has 1 aromatic carbocycles. The van der Waals surface area contributed by atoms with Crippen LogP contribution in [-0.2, 0) is 9.84 Å². The first-order chi connectivity index (χ1) is 7.81. The molecule has 3 nitrogen and oxygen atoms in total. The molecule has 6 heteroatoms. The summed E-state index contributed by atoms with van der Waals surface area (Å²) in [5.74, 6) is -1.27. The third-order valence-electron chi connectivity index (χ3n) is 2.17. The van der Waals surface area contributed by atoms with Crippen LogP contribution in [-0.4, -0.2) is 26.2 Å². The first kappa shape index (κ1) is 14.1. The van der Waals surface area contributed by atoms with Crippen molar-refractivity contribution in [2.75, 3.05) is 12.0 Å². The highest BCUT2D eigenvalue weighted by Crippen LogP contribution is 2.19. The second-order valence-electron chi connectivity index (χ2n) is 3.76. The summed E-state index contributed by atoms with van der Waals surface area (Å²) in [4.78, 5) is 11.6. The molecule has 0 aromatic heterocycles. The Morgan fingerprint density at radius 1 is 1.41 bits per heavy atom. The molecular weight excluding hydrogens is 267 g/mol. The molecule has 0 N–H and O–H groups in total. The fraction of sp³-hybridized carbons (Fsp3) is 0.364. The molecule has 0 atom stereocenters. The van der Waals surface area contributed by atoms with Crippen LogP contribution in [0.4, 0.5) is 4.39 Å². The lowest BCUT2D eigenvalue weighted by molar-refractivity contribution is 0.0978. The van der Waals surface area contributed by atoms with Crippen LogP contribution in [0.3, 0.4) is 0 Å². The van der Waals surface area contributed by atoms with Crippen molar-refractivity contribution in [3.8, 4) is 0 Å². The quantitative estimate of drug-likeness (QED) is 0.778. The predicted molar refractivity (Wildman–Crippen MR) is 64.7 cm³/mol. The minimum Gasteiger partial charge on any atom is -0.294 e. The fourth-order valence-electron chi connectivity index (χ4n) is 1.35. The second-order valence-corrected chi connectivity index (χ2v) is 6.42. The third-order valence-corrected chi connectivity index (χ3v) is 3.49. The summed E-state index contributed by atoms with van der Waals surface area (Å²) >= 11 is 5.54. The Kier molecular flexibility index (Phi) is 4.65. The first-order valence-electron chi connectivity index (χ1n) is 4.96. The average Bonchev–Trinajstić information content (AvgIpc) is 2.20. The Hall–Kier alpha value is -0.940. The van der Waals surface area contributed by atoms with Crippen molar-refractivity contribution < 1.29 is 17.6 Å². The van der Waals surface area contributed by atoms with Crippen molar-refractivity contribution in [3.63, 3.8) is 0 Å². The molecule has 17 heavy (non-hydrogen) atoms. The molecule has 0 aliphatic heterocycles. The lowest BCUT2D eigenvalue weighted by Crippen LogP contribution is -2.08. The number of rotatable bonds is 5. The zero-order chi connectivity index (χ0) is 13.1. The molecule has 0 amide bonds. The van der Waals surface area contributed by atoms with Gasteiger partial charge in [-0.2, -0.15) is 0 Å². The molecule has 0 bridgehead atoms. The zero-order valence-electron chi connectivity index (χ0n) is 9.24. The zero-order valence-corrected chi connectivity index (χ0v) is 10.8. The Balaban J connectivity index is 2.68. The van der Waals surface area contributed by atoms with E-state index in [1.807, 2.05) is 0 Å². The maximum Gasteiger partial charge on any atom is 0.165 e. The minimum atomic E-state index is -3.09. The van der Waals surface area contributed by atoms with Crippen LogP contribution in [0.1, 0.15) is 23.2 Å². The van der Waals surface area contributed by atoms with Crippen LogP contribution in [0, 0.1) is 5.82 Å². The number of Topliss-reactive ketones (excluding diaryl/α,β-unsaturated/α-hetero) is 1. The van der Waals surface area contributed by atoms with Gasteiger partial charge in [-0.15, -0.1) is 0 Å². The smallest absolute Gasteiger partial charge is 0.165 e. The lowest BCUT2D eigenvalue weighted by atomic mass is 10.1. The van der Waals surface area contributed by atoms with Crippen molar-refractivity contribution in [1.29, 1.82) is 0 Å². The monoisotopic (exact) mass is 278 g/mol. The number of hydrogen-bond donors (Lipinski definition) is 0. The highest BCUT2D eigenvalue weighted by molar-refractivity contribution is 7.90.